The van der Waals surface area contributed by atoms with E-state index in [2.05, 4.69) is 5.32 Å². The summed E-state index contributed by atoms with van der Waals surface area (Å²) in [6.45, 7) is -0.326. The summed E-state index contributed by atoms with van der Waals surface area (Å²) >= 11 is 0. The number of carboxylic acid groups (broad SMARTS) is 1. The maximum atomic E-state index is 12.0. The molecule has 0 spiro atoms. The van der Waals surface area contributed by atoms with E-state index < -0.39 is 41.5 Å². The fourth-order valence-corrected chi connectivity index (χ4v) is 2.42. The van der Waals surface area contributed by atoms with Gasteiger partial charge in [0, 0.05) is 5.56 Å². The summed E-state index contributed by atoms with van der Waals surface area (Å²) in [5.74, 6) is -3.05. The van der Waals surface area contributed by atoms with Gasteiger partial charge in [-0.1, -0.05) is 18.2 Å². The Bertz CT molecular complexity index is 684. The molecule has 0 aromatic heterocycles. The number of rotatable bonds is 3. The molecule has 1 saturated heterocycles. The number of aliphatic hydroxyl groups excluding tert-OH is 1. The molecule has 8 heteroatoms. The number of ether oxygens (including phenoxy) is 1. The molecule has 1 fully saturated rings. The van der Waals surface area contributed by atoms with Crippen LogP contribution in [-0.2, 0) is 14.3 Å². The first-order valence-corrected chi connectivity index (χ1v) is 6.46. The van der Waals surface area contributed by atoms with Crippen molar-refractivity contribution >= 4 is 17.8 Å². The molecule has 3 rings (SSSR count). The summed E-state index contributed by atoms with van der Waals surface area (Å²) in [5, 5.41) is 21.1. The van der Waals surface area contributed by atoms with Gasteiger partial charge in [0.05, 0.1) is 0 Å². The van der Waals surface area contributed by atoms with Crippen LogP contribution in [0.1, 0.15) is 10.4 Å². The summed E-state index contributed by atoms with van der Waals surface area (Å²) < 4.78 is 5.21. The highest BCUT2D eigenvalue weighted by molar-refractivity contribution is 6.03. The third-order valence-electron chi connectivity index (χ3n) is 3.47. The SMILES string of the molecule is O=C(O)C1=C(O)CO[C@@H]2[C@@H](NC(=O)c3ccccc3)C(=O)N12. The zero-order valence-electron chi connectivity index (χ0n) is 11.2. The van der Waals surface area contributed by atoms with Gasteiger partial charge in [-0.15, -0.1) is 0 Å². The lowest BCUT2D eigenvalue weighted by Crippen LogP contribution is -2.72. The molecule has 22 heavy (non-hydrogen) atoms. The van der Waals surface area contributed by atoms with E-state index in [9.17, 15) is 19.5 Å². The molecule has 2 aliphatic rings. The predicted octanol–water partition coefficient (Wildman–Crippen LogP) is -0.162. The predicted molar refractivity (Wildman–Crippen MR) is 71.6 cm³/mol. The van der Waals surface area contributed by atoms with Crippen LogP contribution < -0.4 is 5.32 Å². The van der Waals surface area contributed by atoms with Crippen molar-refractivity contribution in [1.82, 2.24) is 10.2 Å². The monoisotopic (exact) mass is 304 g/mol. The highest BCUT2D eigenvalue weighted by atomic mass is 16.5. The largest absolute Gasteiger partial charge is 0.507 e. The third kappa shape index (κ3) is 2.09. The molecular formula is C14H12N2O6. The summed E-state index contributed by atoms with van der Waals surface area (Å²) in [7, 11) is 0. The van der Waals surface area contributed by atoms with E-state index in [0.717, 1.165) is 4.90 Å². The van der Waals surface area contributed by atoms with Gasteiger partial charge < -0.3 is 20.3 Å². The van der Waals surface area contributed by atoms with Crippen molar-refractivity contribution in [3.63, 3.8) is 0 Å². The number of fused-ring (bicyclic) bond motifs is 1. The molecule has 0 aliphatic carbocycles. The quantitative estimate of drug-likeness (QED) is 0.668. The average Bonchev–Trinajstić information content (AvgIpc) is 2.52. The Kier molecular flexibility index (Phi) is 3.30. The van der Waals surface area contributed by atoms with E-state index in [4.69, 9.17) is 9.84 Å². The Balaban J connectivity index is 1.76. The second kappa shape index (κ2) is 5.15. The number of β-lactam (4-membered cyclic amide) rings is 1. The minimum Gasteiger partial charge on any atom is -0.507 e. The van der Waals surface area contributed by atoms with E-state index in [0.29, 0.717) is 5.56 Å². The van der Waals surface area contributed by atoms with Crippen molar-refractivity contribution in [2.75, 3.05) is 6.61 Å². The smallest absolute Gasteiger partial charge is 0.356 e. The number of nitrogens with zero attached hydrogens (tertiary/aromatic N) is 1. The van der Waals surface area contributed by atoms with E-state index >= 15 is 0 Å². The van der Waals surface area contributed by atoms with Gasteiger partial charge in [-0.3, -0.25) is 14.5 Å². The lowest BCUT2D eigenvalue weighted by molar-refractivity contribution is -0.185. The van der Waals surface area contributed by atoms with Gasteiger partial charge in [0.1, 0.15) is 12.4 Å². The number of benzene rings is 1. The van der Waals surface area contributed by atoms with E-state index in [-0.39, 0.29) is 6.61 Å². The Hall–Kier alpha value is -2.87. The minimum absolute atomic E-state index is 0.326. The van der Waals surface area contributed by atoms with Gasteiger partial charge in [0.15, 0.2) is 18.0 Å². The van der Waals surface area contributed by atoms with Gasteiger partial charge in [0.25, 0.3) is 11.8 Å². The Labute approximate surface area is 124 Å². The topological polar surface area (TPSA) is 116 Å². The molecular weight excluding hydrogens is 292 g/mol. The standard InChI is InChI=1S/C14H12N2O6/c17-8-6-22-13-9(12(19)16(13)10(8)14(20)21)15-11(18)7-4-2-1-3-5-7/h1-5,9,13,17H,6H2,(H,15,18)(H,20,21)/t9-,13+/m0/s1. The van der Waals surface area contributed by atoms with Crippen LogP contribution in [0.2, 0.25) is 0 Å². The minimum atomic E-state index is -1.42. The van der Waals surface area contributed by atoms with Crippen molar-refractivity contribution < 1.29 is 29.3 Å². The van der Waals surface area contributed by atoms with E-state index in [1.807, 2.05) is 0 Å². The number of hydrogen-bond donors (Lipinski definition) is 3. The van der Waals surface area contributed by atoms with Gasteiger partial charge in [-0.25, -0.2) is 4.79 Å². The van der Waals surface area contributed by atoms with Gasteiger partial charge in [-0.05, 0) is 12.1 Å². The highest BCUT2D eigenvalue weighted by Crippen LogP contribution is 2.32. The number of carbonyl (C=O) groups is 3. The fraction of sp³-hybridized carbons (Fsp3) is 0.214. The number of aliphatic hydroxyl groups is 1. The molecule has 8 nitrogen and oxygen atoms in total. The fourth-order valence-electron chi connectivity index (χ4n) is 2.42. The highest BCUT2D eigenvalue weighted by Gasteiger charge is 2.55. The van der Waals surface area contributed by atoms with Crippen molar-refractivity contribution in [1.29, 1.82) is 0 Å². The first-order valence-electron chi connectivity index (χ1n) is 6.46. The van der Waals surface area contributed by atoms with Crippen LogP contribution in [0, 0.1) is 0 Å². The Morgan fingerprint density at radius 1 is 1.27 bits per heavy atom. The Morgan fingerprint density at radius 3 is 2.59 bits per heavy atom. The molecule has 0 radical (unpaired) electrons. The number of hydrogen-bond acceptors (Lipinski definition) is 5. The second-order valence-electron chi connectivity index (χ2n) is 4.83. The first kappa shape index (κ1) is 14.1. The maximum absolute atomic E-state index is 12.0. The molecule has 1 aromatic rings. The van der Waals surface area contributed by atoms with Crippen LogP contribution in [0.4, 0.5) is 0 Å². The molecule has 2 heterocycles. The lowest BCUT2D eigenvalue weighted by Gasteiger charge is -2.48. The van der Waals surface area contributed by atoms with Crippen LogP contribution in [-0.4, -0.2) is 51.8 Å². The van der Waals surface area contributed by atoms with Crippen molar-refractivity contribution in [3.8, 4) is 0 Å². The van der Waals surface area contributed by atoms with Crippen molar-refractivity contribution in [2.45, 2.75) is 12.3 Å². The molecule has 0 bridgehead atoms. The molecule has 1 aromatic carbocycles. The zero-order chi connectivity index (χ0) is 15.9. The molecule has 114 valence electrons. The summed E-state index contributed by atoms with van der Waals surface area (Å²) in [5.41, 5.74) is -0.132. The van der Waals surface area contributed by atoms with Crippen LogP contribution in [0.3, 0.4) is 0 Å². The van der Waals surface area contributed by atoms with Crippen LogP contribution >= 0.6 is 0 Å². The van der Waals surface area contributed by atoms with Crippen molar-refractivity contribution in [3.05, 3.63) is 47.4 Å². The van der Waals surface area contributed by atoms with Crippen LogP contribution in [0.15, 0.2) is 41.8 Å². The van der Waals surface area contributed by atoms with Gasteiger partial charge >= 0.3 is 5.97 Å². The van der Waals surface area contributed by atoms with E-state index in [1.165, 1.54) is 0 Å². The van der Waals surface area contributed by atoms with Gasteiger partial charge in [-0.2, -0.15) is 0 Å². The van der Waals surface area contributed by atoms with Crippen LogP contribution in [0.5, 0.6) is 0 Å². The normalized spacial score (nSPS) is 23.6. The second-order valence-corrected chi connectivity index (χ2v) is 4.83. The molecule has 0 unspecified atom stereocenters. The van der Waals surface area contributed by atoms with E-state index in [1.54, 1.807) is 30.3 Å². The average molecular weight is 304 g/mol. The van der Waals surface area contributed by atoms with Crippen molar-refractivity contribution in [2.24, 2.45) is 0 Å². The number of carbonyl (C=O) groups excluding carboxylic acids is 2. The molecule has 2 atom stereocenters. The zero-order valence-corrected chi connectivity index (χ0v) is 11.2. The maximum Gasteiger partial charge on any atom is 0.356 e. The van der Waals surface area contributed by atoms with Gasteiger partial charge in [0.2, 0.25) is 0 Å². The third-order valence-corrected chi connectivity index (χ3v) is 3.47. The summed E-state index contributed by atoms with van der Waals surface area (Å²) in [6, 6.07) is 7.33. The summed E-state index contributed by atoms with van der Waals surface area (Å²) in [6.07, 6.45) is -0.929. The number of carboxylic acids is 1. The first-order chi connectivity index (χ1) is 10.5. The molecule has 2 aliphatic heterocycles. The number of amides is 2. The van der Waals surface area contributed by atoms with Crippen LogP contribution in [0.25, 0.3) is 0 Å². The molecule has 0 saturated carbocycles. The Morgan fingerprint density at radius 2 is 1.95 bits per heavy atom. The number of aliphatic carboxylic acids is 1. The molecule has 2 amide bonds. The lowest BCUT2D eigenvalue weighted by atomic mass is 10.0. The summed E-state index contributed by atoms with van der Waals surface area (Å²) in [4.78, 5) is 36.0. The molecule has 3 N–H and O–H groups in total. The number of nitrogens with one attached hydrogen (secondary N) is 1.